The predicted octanol–water partition coefficient (Wildman–Crippen LogP) is 3.17. The second kappa shape index (κ2) is 6.26. The van der Waals surface area contributed by atoms with Crippen molar-refractivity contribution in [1.82, 2.24) is 0 Å². The third-order valence-electron chi connectivity index (χ3n) is 2.43. The Kier molecular flexibility index (Phi) is 4.97. The highest BCUT2D eigenvalue weighted by molar-refractivity contribution is 5.85. The van der Waals surface area contributed by atoms with Crippen LogP contribution in [0, 0.1) is 0 Å². The Morgan fingerprint density at radius 3 is 2.32 bits per heavy atom. The van der Waals surface area contributed by atoms with Crippen molar-refractivity contribution in [1.29, 1.82) is 0 Å². The Labute approximate surface area is 109 Å². The van der Waals surface area contributed by atoms with Crippen LogP contribution in [0.2, 0.25) is 0 Å². The minimum atomic E-state index is -4.25. The smallest absolute Gasteiger partial charge is 0.405 e. The van der Waals surface area contributed by atoms with Gasteiger partial charge in [-0.15, -0.1) is 0 Å². The number of hydrogen-bond donors (Lipinski definition) is 1. The molecule has 0 atom stereocenters. The molecule has 0 aliphatic carbocycles. The summed E-state index contributed by atoms with van der Waals surface area (Å²) >= 11 is 0. The first-order chi connectivity index (χ1) is 8.81. The molecule has 0 spiro atoms. The number of hydrogen-bond acceptors (Lipinski definition) is 2. The van der Waals surface area contributed by atoms with Gasteiger partial charge in [-0.05, 0) is 30.7 Å². The molecule has 0 aliphatic heterocycles. The van der Waals surface area contributed by atoms with Gasteiger partial charge in [0.2, 0.25) is 0 Å². The van der Waals surface area contributed by atoms with Crippen molar-refractivity contribution in [3.63, 3.8) is 0 Å². The maximum atomic E-state index is 12.3. The van der Waals surface area contributed by atoms with Gasteiger partial charge in [-0.2, -0.15) is 13.2 Å². The molecular weight excluding hydrogens is 259 g/mol. The molecule has 0 radical (unpaired) electrons. The van der Waals surface area contributed by atoms with Crippen molar-refractivity contribution in [3.8, 4) is 0 Å². The Balaban J connectivity index is 2.81. The summed E-state index contributed by atoms with van der Waals surface area (Å²) in [7, 11) is 0. The molecule has 1 rings (SSSR count). The SMILES string of the molecule is CCN(CC(F)(F)F)c1ccc(/C=C/C(=O)O)cc1. The number of nitrogens with zero attached hydrogens (tertiary/aromatic N) is 1. The van der Waals surface area contributed by atoms with Gasteiger partial charge in [0.25, 0.3) is 0 Å². The Morgan fingerprint density at radius 2 is 1.89 bits per heavy atom. The van der Waals surface area contributed by atoms with Crippen LogP contribution in [0.3, 0.4) is 0 Å². The topological polar surface area (TPSA) is 40.5 Å². The molecule has 0 heterocycles. The van der Waals surface area contributed by atoms with Gasteiger partial charge in [0.05, 0.1) is 0 Å². The summed E-state index contributed by atoms with van der Waals surface area (Å²) in [5.74, 6) is -1.07. The molecule has 0 amide bonds. The van der Waals surface area contributed by atoms with Crippen LogP contribution < -0.4 is 4.90 Å². The molecule has 0 saturated heterocycles. The number of alkyl halides is 3. The molecule has 0 bridgehead atoms. The van der Waals surface area contributed by atoms with E-state index in [9.17, 15) is 18.0 Å². The molecule has 0 fully saturated rings. The highest BCUT2D eigenvalue weighted by Gasteiger charge is 2.30. The molecule has 104 valence electrons. The van der Waals surface area contributed by atoms with Gasteiger partial charge in [0.1, 0.15) is 6.54 Å². The summed E-state index contributed by atoms with van der Waals surface area (Å²) < 4.78 is 37.0. The molecule has 19 heavy (non-hydrogen) atoms. The zero-order chi connectivity index (χ0) is 14.5. The van der Waals surface area contributed by atoms with Crippen molar-refractivity contribution in [2.75, 3.05) is 18.0 Å². The lowest BCUT2D eigenvalue weighted by Gasteiger charge is -2.24. The molecule has 0 aliphatic rings. The first-order valence-electron chi connectivity index (χ1n) is 5.64. The van der Waals surface area contributed by atoms with Gasteiger partial charge >= 0.3 is 12.1 Å². The fourth-order valence-electron chi connectivity index (χ4n) is 1.57. The lowest BCUT2D eigenvalue weighted by atomic mass is 10.2. The standard InChI is InChI=1S/C13H14F3NO2/c1-2-17(9-13(14,15)16)11-6-3-10(4-7-11)5-8-12(18)19/h3-8H,2,9H2,1H3,(H,18,19)/b8-5+. The number of rotatable bonds is 5. The van der Waals surface area contributed by atoms with Crippen molar-refractivity contribution < 1.29 is 23.1 Å². The van der Waals surface area contributed by atoms with E-state index < -0.39 is 18.7 Å². The van der Waals surface area contributed by atoms with Gasteiger partial charge in [-0.1, -0.05) is 12.1 Å². The fraction of sp³-hybridized carbons (Fsp3) is 0.308. The van der Waals surface area contributed by atoms with E-state index in [1.165, 1.54) is 23.1 Å². The average Bonchev–Trinajstić information content (AvgIpc) is 2.33. The van der Waals surface area contributed by atoms with Crippen LogP contribution in [0.15, 0.2) is 30.3 Å². The van der Waals surface area contributed by atoms with E-state index in [2.05, 4.69) is 0 Å². The summed E-state index contributed by atoms with van der Waals surface area (Å²) in [4.78, 5) is 11.5. The third-order valence-corrected chi connectivity index (χ3v) is 2.43. The number of carboxylic acid groups (broad SMARTS) is 1. The zero-order valence-electron chi connectivity index (χ0n) is 10.3. The van der Waals surface area contributed by atoms with Crippen LogP contribution >= 0.6 is 0 Å². The van der Waals surface area contributed by atoms with E-state index in [0.29, 0.717) is 11.3 Å². The largest absolute Gasteiger partial charge is 0.478 e. The lowest BCUT2D eigenvalue weighted by Crippen LogP contribution is -2.33. The van der Waals surface area contributed by atoms with Crippen LogP contribution in [0.25, 0.3) is 6.08 Å². The Morgan fingerprint density at radius 1 is 1.32 bits per heavy atom. The summed E-state index contributed by atoms with van der Waals surface area (Å²) in [6, 6.07) is 6.23. The fourth-order valence-corrected chi connectivity index (χ4v) is 1.57. The van der Waals surface area contributed by atoms with Crippen molar-refractivity contribution in [2.24, 2.45) is 0 Å². The van der Waals surface area contributed by atoms with Gasteiger partial charge in [0, 0.05) is 18.3 Å². The first kappa shape index (κ1) is 15.1. The monoisotopic (exact) mass is 273 g/mol. The van der Waals surface area contributed by atoms with Crippen molar-refractivity contribution in [3.05, 3.63) is 35.9 Å². The molecule has 3 nitrogen and oxygen atoms in total. The van der Waals surface area contributed by atoms with Gasteiger partial charge in [-0.25, -0.2) is 4.79 Å². The molecular formula is C13H14F3NO2. The average molecular weight is 273 g/mol. The zero-order valence-corrected chi connectivity index (χ0v) is 10.3. The van der Waals surface area contributed by atoms with Crippen LogP contribution in [0.1, 0.15) is 12.5 Å². The Hall–Kier alpha value is -1.98. The number of carbonyl (C=O) groups is 1. The summed E-state index contributed by atoms with van der Waals surface area (Å²) in [6.07, 6.45) is -1.90. The Bertz CT molecular complexity index is 452. The number of aliphatic carboxylic acids is 1. The summed E-state index contributed by atoms with van der Waals surface area (Å²) in [6.45, 7) is 0.877. The normalized spacial score (nSPS) is 11.8. The van der Waals surface area contributed by atoms with Crippen molar-refractivity contribution >= 4 is 17.7 Å². The van der Waals surface area contributed by atoms with Gasteiger partial charge < -0.3 is 10.0 Å². The van der Waals surface area contributed by atoms with E-state index >= 15 is 0 Å². The third kappa shape index (κ3) is 5.46. The van der Waals surface area contributed by atoms with Crippen LogP contribution in [0.5, 0.6) is 0 Å². The van der Waals surface area contributed by atoms with E-state index in [1.807, 2.05) is 0 Å². The van der Waals surface area contributed by atoms with Crippen LogP contribution in [0.4, 0.5) is 18.9 Å². The maximum Gasteiger partial charge on any atom is 0.405 e. The maximum absolute atomic E-state index is 12.3. The quantitative estimate of drug-likeness (QED) is 0.838. The number of carboxylic acids is 1. The predicted molar refractivity (Wildman–Crippen MR) is 67.1 cm³/mol. The number of benzene rings is 1. The minimum Gasteiger partial charge on any atom is -0.478 e. The van der Waals surface area contributed by atoms with Gasteiger partial charge in [0.15, 0.2) is 0 Å². The van der Waals surface area contributed by atoms with Gasteiger partial charge in [-0.3, -0.25) is 0 Å². The first-order valence-corrected chi connectivity index (χ1v) is 5.64. The molecule has 0 unspecified atom stereocenters. The number of halogens is 3. The second-order valence-electron chi connectivity index (χ2n) is 3.89. The minimum absolute atomic E-state index is 0.240. The molecule has 1 aromatic rings. The van der Waals surface area contributed by atoms with E-state index in [1.54, 1.807) is 19.1 Å². The molecule has 0 aromatic heterocycles. The summed E-state index contributed by atoms with van der Waals surface area (Å²) in [5.41, 5.74) is 1.07. The molecule has 6 heteroatoms. The number of anilines is 1. The molecule has 1 N–H and O–H groups in total. The van der Waals surface area contributed by atoms with E-state index in [0.717, 1.165) is 6.08 Å². The van der Waals surface area contributed by atoms with Crippen molar-refractivity contribution in [2.45, 2.75) is 13.1 Å². The van der Waals surface area contributed by atoms with E-state index in [-0.39, 0.29) is 6.54 Å². The highest BCUT2D eigenvalue weighted by Crippen LogP contribution is 2.22. The molecule has 0 saturated carbocycles. The lowest BCUT2D eigenvalue weighted by molar-refractivity contribution is -0.131. The van der Waals surface area contributed by atoms with Crippen LogP contribution in [-0.4, -0.2) is 30.3 Å². The summed E-state index contributed by atoms with van der Waals surface area (Å²) in [5, 5.41) is 8.46. The second-order valence-corrected chi connectivity index (χ2v) is 3.89. The van der Waals surface area contributed by atoms with E-state index in [4.69, 9.17) is 5.11 Å². The highest BCUT2D eigenvalue weighted by atomic mass is 19.4. The molecule has 1 aromatic carbocycles. The van der Waals surface area contributed by atoms with Crippen LogP contribution in [-0.2, 0) is 4.79 Å².